The second-order valence-electron chi connectivity index (χ2n) is 5.97. The zero-order chi connectivity index (χ0) is 14.8. The molecule has 0 bridgehead atoms. The van der Waals surface area contributed by atoms with E-state index < -0.39 is 10.0 Å². The average Bonchev–Trinajstić information content (AvgIpc) is 2.97. The number of anilines is 1. The van der Waals surface area contributed by atoms with Crippen molar-refractivity contribution in [3.05, 3.63) is 24.3 Å². The van der Waals surface area contributed by atoms with Gasteiger partial charge in [0.25, 0.3) is 0 Å². The van der Waals surface area contributed by atoms with Crippen LogP contribution in [-0.2, 0) is 10.0 Å². The summed E-state index contributed by atoms with van der Waals surface area (Å²) in [6.07, 6.45) is 1.11. The molecule has 1 unspecified atom stereocenters. The molecular formula is C14H22N2O2S2. The van der Waals surface area contributed by atoms with Gasteiger partial charge in [0.1, 0.15) is 0 Å². The minimum absolute atomic E-state index is 0.148. The maximum absolute atomic E-state index is 11.9. The van der Waals surface area contributed by atoms with E-state index in [1.807, 2.05) is 24.3 Å². The van der Waals surface area contributed by atoms with E-state index in [1.54, 1.807) is 0 Å². The summed E-state index contributed by atoms with van der Waals surface area (Å²) in [5.74, 6) is 1.18. The molecule has 1 aromatic rings. The van der Waals surface area contributed by atoms with E-state index in [0.717, 1.165) is 17.0 Å². The highest BCUT2D eigenvalue weighted by Gasteiger charge is 2.45. The van der Waals surface area contributed by atoms with Crippen LogP contribution in [0, 0.1) is 11.3 Å². The molecule has 0 spiro atoms. The van der Waals surface area contributed by atoms with Gasteiger partial charge < -0.3 is 5.73 Å². The van der Waals surface area contributed by atoms with Gasteiger partial charge in [-0.2, -0.15) is 0 Å². The van der Waals surface area contributed by atoms with E-state index in [-0.39, 0.29) is 5.75 Å². The first kappa shape index (κ1) is 15.7. The van der Waals surface area contributed by atoms with Crippen LogP contribution in [-0.4, -0.2) is 26.5 Å². The summed E-state index contributed by atoms with van der Waals surface area (Å²) in [5, 5.41) is 0. The number of hydrogen-bond acceptors (Lipinski definition) is 4. The number of nitrogens with one attached hydrogen (secondary N) is 1. The molecule has 2 rings (SSSR count). The summed E-state index contributed by atoms with van der Waals surface area (Å²) in [5.41, 5.74) is 6.63. The lowest BCUT2D eigenvalue weighted by Crippen LogP contribution is -2.29. The molecule has 1 fully saturated rings. The quantitative estimate of drug-likeness (QED) is 0.598. The number of sulfonamides is 1. The molecule has 4 nitrogen and oxygen atoms in total. The van der Waals surface area contributed by atoms with Crippen LogP contribution in [0.15, 0.2) is 29.2 Å². The van der Waals surface area contributed by atoms with Crippen LogP contribution >= 0.6 is 11.8 Å². The van der Waals surface area contributed by atoms with E-state index in [4.69, 9.17) is 5.73 Å². The number of thioether (sulfide) groups is 1. The third kappa shape index (κ3) is 4.68. The first-order valence-electron chi connectivity index (χ1n) is 6.74. The van der Waals surface area contributed by atoms with Crippen molar-refractivity contribution in [3.8, 4) is 0 Å². The third-order valence-electron chi connectivity index (χ3n) is 3.77. The predicted octanol–water partition coefficient (Wildman–Crippen LogP) is 2.33. The molecule has 1 atom stereocenters. The molecule has 6 heteroatoms. The van der Waals surface area contributed by atoms with Crippen LogP contribution in [0.3, 0.4) is 0 Å². The van der Waals surface area contributed by atoms with Crippen molar-refractivity contribution in [2.24, 2.45) is 11.3 Å². The van der Waals surface area contributed by atoms with Gasteiger partial charge in [0.15, 0.2) is 0 Å². The van der Waals surface area contributed by atoms with Gasteiger partial charge in [-0.3, -0.25) is 0 Å². The molecule has 0 saturated heterocycles. The monoisotopic (exact) mass is 314 g/mol. The lowest BCUT2D eigenvalue weighted by Gasteiger charge is -2.08. The van der Waals surface area contributed by atoms with Gasteiger partial charge in [-0.15, -0.1) is 11.8 Å². The van der Waals surface area contributed by atoms with Crippen molar-refractivity contribution in [2.45, 2.75) is 25.2 Å². The van der Waals surface area contributed by atoms with Crippen LogP contribution in [0.5, 0.6) is 0 Å². The Hall–Kier alpha value is -0.720. The van der Waals surface area contributed by atoms with Crippen molar-refractivity contribution in [1.29, 1.82) is 0 Å². The Labute approximate surface area is 125 Å². The summed E-state index contributed by atoms with van der Waals surface area (Å²) < 4.78 is 26.5. The number of benzene rings is 1. The van der Waals surface area contributed by atoms with Crippen LogP contribution in [0.2, 0.25) is 0 Å². The first-order chi connectivity index (χ1) is 9.28. The van der Waals surface area contributed by atoms with Crippen molar-refractivity contribution < 1.29 is 8.42 Å². The summed E-state index contributed by atoms with van der Waals surface area (Å²) in [6.45, 7) is 4.91. The fourth-order valence-corrected chi connectivity index (χ4v) is 4.43. The maximum Gasteiger partial charge on any atom is 0.212 e. The first-order valence-corrected chi connectivity index (χ1v) is 9.38. The smallest absolute Gasteiger partial charge is 0.212 e. The van der Waals surface area contributed by atoms with Crippen molar-refractivity contribution in [2.75, 3.05) is 23.8 Å². The molecular weight excluding hydrogens is 292 g/mol. The van der Waals surface area contributed by atoms with E-state index >= 15 is 0 Å². The molecule has 0 radical (unpaired) electrons. The Morgan fingerprint density at radius 3 is 2.50 bits per heavy atom. The summed E-state index contributed by atoms with van der Waals surface area (Å²) in [4.78, 5) is 1.04. The molecule has 1 aliphatic carbocycles. The Kier molecular flexibility index (Phi) is 4.66. The van der Waals surface area contributed by atoms with Gasteiger partial charge in [0.05, 0.1) is 5.75 Å². The molecule has 1 saturated carbocycles. The standard InChI is InChI=1S/C14H22N2O2S2/c1-14(2)9-11(14)10-16-20(17,18)8-7-19-13-5-3-12(15)4-6-13/h3-6,11,16H,7-10,15H2,1-2H3. The van der Waals surface area contributed by atoms with Crippen molar-refractivity contribution in [1.82, 2.24) is 4.72 Å². The van der Waals surface area contributed by atoms with Gasteiger partial charge in [0.2, 0.25) is 10.0 Å². The Balaban J connectivity index is 1.71. The van der Waals surface area contributed by atoms with Crippen LogP contribution in [0.25, 0.3) is 0 Å². The van der Waals surface area contributed by atoms with E-state index in [9.17, 15) is 8.42 Å². The minimum atomic E-state index is -3.16. The highest BCUT2D eigenvalue weighted by Crippen LogP contribution is 2.51. The number of hydrogen-bond donors (Lipinski definition) is 2. The van der Waals surface area contributed by atoms with Gasteiger partial charge in [-0.05, 0) is 42.0 Å². The molecule has 20 heavy (non-hydrogen) atoms. The fourth-order valence-electron chi connectivity index (χ4n) is 2.06. The average molecular weight is 314 g/mol. The highest BCUT2D eigenvalue weighted by atomic mass is 32.2. The SMILES string of the molecule is CC1(C)CC1CNS(=O)(=O)CCSc1ccc(N)cc1. The molecule has 0 amide bonds. The lowest BCUT2D eigenvalue weighted by atomic mass is 10.1. The van der Waals surface area contributed by atoms with Gasteiger partial charge in [0, 0.05) is 22.9 Å². The van der Waals surface area contributed by atoms with E-state index in [0.29, 0.717) is 23.6 Å². The highest BCUT2D eigenvalue weighted by molar-refractivity contribution is 8.00. The maximum atomic E-state index is 11.9. The molecule has 0 aliphatic heterocycles. The fraction of sp³-hybridized carbons (Fsp3) is 0.571. The van der Waals surface area contributed by atoms with Crippen molar-refractivity contribution in [3.63, 3.8) is 0 Å². The summed E-state index contributed by atoms with van der Waals surface area (Å²) in [6, 6.07) is 7.47. The van der Waals surface area contributed by atoms with Crippen LogP contribution in [0.4, 0.5) is 5.69 Å². The number of rotatable bonds is 7. The largest absolute Gasteiger partial charge is 0.399 e. The number of nitrogens with two attached hydrogens (primary N) is 1. The lowest BCUT2D eigenvalue weighted by molar-refractivity contribution is 0.538. The summed E-state index contributed by atoms with van der Waals surface area (Å²) in [7, 11) is -3.16. The Morgan fingerprint density at radius 2 is 1.95 bits per heavy atom. The molecule has 3 N–H and O–H groups in total. The topological polar surface area (TPSA) is 72.2 Å². The zero-order valence-electron chi connectivity index (χ0n) is 11.9. The van der Waals surface area contributed by atoms with Gasteiger partial charge in [-0.25, -0.2) is 13.1 Å². The van der Waals surface area contributed by atoms with E-state index in [2.05, 4.69) is 18.6 Å². The van der Waals surface area contributed by atoms with Crippen molar-refractivity contribution >= 4 is 27.5 Å². The molecule has 1 aliphatic rings. The summed E-state index contributed by atoms with van der Waals surface area (Å²) >= 11 is 1.53. The van der Waals surface area contributed by atoms with Crippen LogP contribution in [0.1, 0.15) is 20.3 Å². The van der Waals surface area contributed by atoms with Crippen LogP contribution < -0.4 is 10.5 Å². The minimum Gasteiger partial charge on any atom is -0.399 e. The second-order valence-corrected chi connectivity index (χ2v) is 9.07. The Morgan fingerprint density at radius 1 is 1.35 bits per heavy atom. The van der Waals surface area contributed by atoms with E-state index in [1.165, 1.54) is 11.8 Å². The molecule has 1 aromatic carbocycles. The zero-order valence-corrected chi connectivity index (χ0v) is 13.6. The Bertz CT molecular complexity index is 553. The normalized spacial score (nSPS) is 20.8. The molecule has 0 aromatic heterocycles. The molecule has 0 heterocycles. The third-order valence-corrected chi connectivity index (χ3v) is 6.39. The second kappa shape index (κ2) is 5.95. The number of nitrogen functional groups attached to an aromatic ring is 1. The molecule has 112 valence electrons. The predicted molar refractivity (Wildman–Crippen MR) is 85.3 cm³/mol. The van der Waals surface area contributed by atoms with Gasteiger partial charge in [-0.1, -0.05) is 13.8 Å². The van der Waals surface area contributed by atoms with Gasteiger partial charge >= 0.3 is 0 Å².